The fourth-order valence-corrected chi connectivity index (χ4v) is 5.32. The number of ether oxygens (including phenoxy) is 4. The summed E-state index contributed by atoms with van der Waals surface area (Å²) in [5, 5.41) is 15.9. The van der Waals surface area contributed by atoms with Crippen LogP contribution in [0.15, 0.2) is 42.5 Å². The molecule has 2 aromatic carbocycles. The van der Waals surface area contributed by atoms with Gasteiger partial charge in [0.05, 0.1) is 17.4 Å². The lowest BCUT2D eigenvalue weighted by Gasteiger charge is -2.49. The number of aliphatic hydroxyl groups is 1. The number of aliphatic hydroxyl groups excluding tert-OH is 1. The van der Waals surface area contributed by atoms with Gasteiger partial charge in [-0.1, -0.05) is 36.4 Å². The topological polar surface area (TPSA) is 86.2 Å². The number of benzene rings is 2. The van der Waals surface area contributed by atoms with Crippen LogP contribution in [0.2, 0.25) is 0 Å². The minimum Gasteiger partial charge on any atom is -0.443 e. The Morgan fingerprint density at radius 2 is 1.92 bits per heavy atom. The molecule has 2 unspecified atom stereocenters. The van der Waals surface area contributed by atoms with Crippen LogP contribution in [0.4, 0.5) is 10.5 Å². The van der Waals surface area contributed by atoms with E-state index in [0.29, 0.717) is 31.6 Å². The SMILES string of the molecule is CC1(C)O[C@@](C)(C(O)CCCCOC2CCCCO2)CC[C@@H]1OC(=O)Nc1cccc2ccccc12. The summed E-state index contributed by atoms with van der Waals surface area (Å²) in [4.78, 5) is 12.8. The standard InChI is InChI=1S/C29H41NO6/c1-28(2)25(35-27(32)30-23-14-10-12-21-11-4-5-13-22(21)23)17-18-29(3,36-28)24(31)15-6-8-19-33-26-16-7-9-20-34-26/h4-5,10-14,24-26,31H,6-9,15-20H2,1-3H3,(H,30,32)/t24?,25-,26?,29+/m0/s1. The van der Waals surface area contributed by atoms with Gasteiger partial charge in [-0.15, -0.1) is 0 Å². The number of rotatable bonds is 9. The molecule has 7 heteroatoms. The van der Waals surface area contributed by atoms with Crippen molar-refractivity contribution in [2.24, 2.45) is 0 Å². The lowest BCUT2D eigenvalue weighted by molar-refractivity contribution is -0.244. The highest BCUT2D eigenvalue weighted by molar-refractivity contribution is 6.00. The fraction of sp³-hybridized carbons (Fsp3) is 0.621. The predicted octanol–water partition coefficient (Wildman–Crippen LogP) is 6.18. The van der Waals surface area contributed by atoms with Crippen molar-refractivity contribution in [3.8, 4) is 0 Å². The number of hydrogen-bond acceptors (Lipinski definition) is 6. The van der Waals surface area contributed by atoms with Crippen LogP contribution in [0.3, 0.4) is 0 Å². The molecule has 7 nitrogen and oxygen atoms in total. The second kappa shape index (κ2) is 11.9. The summed E-state index contributed by atoms with van der Waals surface area (Å²) in [5.74, 6) is 0. The molecule has 2 aliphatic rings. The van der Waals surface area contributed by atoms with Crippen molar-refractivity contribution < 1.29 is 28.8 Å². The van der Waals surface area contributed by atoms with Crippen LogP contribution in [-0.4, -0.2) is 54.1 Å². The zero-order chi connectivity index (χ0) is 25.6. The second-order valence-electron chi connectivity index (χ2n) is 10.8. The number of amides is 1. The molecule has 2 fully saturated rings. The van der Waals surface area contributed by atoms with Crippen LogP contribution in [-0.2, 0) is 18.9 Å². The zero-order valence-corrected chi connectivity index (χ0v) is 21.8. The van der Waals surface area contributed by atoms with E-state index in [1.165, 1.54) is 0 Å². The molecule has 0 aromatic heterocycles. The number of anilines is 1. The Labute approximate surface area is 214 Å². The molecule has 2 N–H and O–H groups in total. The molecule has 4 atom stereocenters. The van der Waals surface area contributed by atoms with Gasteiger partial charge in [0.1, 0.15) is 11.7 Å². The molecule has 2 aliphatic heterocycles. The maximum absolute atomic E-state index is 12.8. The van der Waals surface area contributed by atoms with Crippen LogP contribution in [0.1, 0.15) is 72.1 Å². The van der Waals surface area contributed by atoms with Crippen molar-refractivity contribution in [1.29, 1.82) is 0 Å². The molecule has 0 bridgehead atoms. The first-order valence-corrected chi connectivity index (χ1v) is 13.3. The van der Waals surface area contributed by atoms with E-state index in [2.05, 4.69) is 5.32 Å². The van der Waals surface area contributed by atoms with Crippen LogP contribution in [0, 0.1) is 0 Å². The minimum atomic E-state index is -0.731. The highest BCUT2D eigenvalue weighted by Crippen LogP contribution is 2.40. The second-order valence-corrected chi connectivity index (χ2v) is 10.8. The number of hydrogen-bond donors (Lipinski definition) is 2. The lowest BCUT2D eigenvalue weighted by atomic mass is 9.81. The molecule has 1 amide bonds. The molecule has 0 radical (unpaired) electrons. The largest absolute Gasteiger partial charge is 0.443 e. The van der Waals surface area contributed by atoms with Crippen molar-refractivity contribution in [2.45, 2.75) is 102 Å². The number of carbonyl (C=O) groups excluding carboxylic acids is 1. The number of unbranched alkanes of at least 4 members (excludes halogenated alkanes) is 1. The summed E-state index contributed by atoms with van der Waals surface area (Å²) in [6.45, 7) is 7.22. The van der Waals surface area contributed by atoms with Gasteiger partial charge in [0, 0.05) is 18.6 Å². The van der Waals surface area contributed by atoms with E-state index in [9.17, 15) is 9.90 Å². The van der Waals surface area contributed by atoms with E-state index in [0.717, 1.165) is 49.5 Å². The molecule has 36 heavy (non-hydrogen) atoms. The maximum Gasteiger partial charge on any atom is 0.412 e. The first-order chi connectivity index (χ1) is 17.3. The lowest BCUT2D eigenvalue weighted by Crippen LogP contribution is -2.57. The van der Waals surface area contributed by atoms with Gasteiger partial charge >= 0.3 is 6.09 Å². The van der Waals surface area contributed by atoms with E-state index in [1.807, 2.05) is 63.2 Å². The van der Waals surface area contributed by atoms with Crippen LogP contribution >= 0.6 is 0 Å². The average Bonchev–Trinajstić information content (AvgIpc) is 2.86. The van der Waals surface area contributed by atoms with E-state index >= 15 is 0 Å². The van der Waals surface area contributed by atoms with Gasteiger partial charge < -0.3 is 24.1 Å². The van der Waals surface area contributed by atoms with Gasteiger partial charge in [-0.2, -0.15) is 0 Å². The van der Waals surface area contributed by atoms with E-state index in [1.54, 1.807) is 0 Å². The van der Waals surface area contributed by atoms with Crippen molar-refractivity contribution in [3.05, 3.63) is 42.5 Å². The van der Waals surface area contributed by atoms with E-state index < -0.39 is 29.5 Å². The maximum atomic E-state index is 12.8. The van der Waals surface area contributed by atoms with Crippen molar-refractivity contribution in [3.63, 3.8) is 0 Å². The molecule has 2 saturated heterocycles. The Bertz CT molecular complexity index is 999. The summed E-state index contributed by atoms with van der Waals surface area (Å²) in [7, 11) is 0. The van der Waals surface area contributed by atoms with Crippen molar-refractivity contribution in [2.75, 3.05) is 18.5 Å². The van der Waals surface area contributed by atoms with E-state index in [4.69, 9.17) is 18.9 Å². The van der Waals surface area contributed by atoms with Gasteiger partial charge in [0.2, 0.25) is 0 Å². The summed E-state index contributed by atoms with van der Waals surface area (Å²) < 4.78 is 23.6. The van der Waals surface area contributed by atoms with Crippen molar-refractivity contribution in [1.82, 2.24) is 0 Å². The highest BCUT2D eigenvalue weighted by atomic mass is 16.7. The first kappa shape index (κ1) is 26.9. The van der Waals surface area contributed by atoms with Crippen LogP contribution in [0.5, 0.6) is 0 Å². The van der Waals surface area contributed by atoms with Crippen LogP contribution in [0.25, 0.3) is 10.8 Å². The summed E-state index contributed by atoms with van der Waals surface area (Å²) in [6, 6.07) is 13.7. The third-order valence-electron chi connectivity index (χ3n) is 7.47. The summed E-state index contributed by atoms with van der Waals surface area (Å²) >= 11 is 0. The Kier molecular flexibility index (Phi) is 8.88. The Morgan fingerprint density at radius 3 is 2.69 bits per heavy atom. The predicted molar refractivity (Wildman–Crippen MR) is 140 cm³/mol. The zero-order valence-electron chi connectivity index (χ0n) is 21.8. The highest BCUT2D eigenvalue weighted by Gasteiger charge is 2.48. The number of nitrogens with one attached hydrogen (secondary N) is 1. The Balaban J connectivity index is 1.24. The van der Waals surface area contributed by atoms with E-state index in [-0.39, 0.29) is 6.29 Å². The number of fused-ring (bicyclic) bond motifs is 1. The number of carbonyl (C=O) groups is 1. The molecular weight excluding hydrogens is 458 g/mol. The third kappa shape index (κ3) is 6.76. The Hall–Kier alpha value is -2.19. The quantitative estimate of drug-likeness (QED) is 0.401. The Morgan fingerprint density at radius 1 is 1.11 bits per heavy atom. The van der Waals surface area contributed by atoms with Gasteiger partial charge in [0.15, 0.2) is 6.29 Å². The van der Waals surface area contributed by atoms with Crippen molar-refractivity contribution >= 4 is 22.6 Å². The van der Waals surface area contributed by atoms with Gasteiger partial charge in [-0.25, -0.2) is 4.79 Å². The van der Waals surface area contributed by atoms with Gasteiger partial charge in [0.25, 0.3) is 0 Å². The summed E-state index contributed by atoms with van der Waals surface area (Å²) in [5.41, 5.74) is -0.708. The monoisotopic (exact) mass is 499 g/mol. The molecule has 2 aromatic rings. The smallest absolute Gasteiger partial charge is 0.412 e. The van der Waals surface area contributed by atoms with Crippen LogP contribution < -0.4 is 5.32 Å². The van der Waals surface area contributed by atoms with Gasteiger partial charge in [-0.05, 0) is 83.6 Å². The fourth-order valence-electron chi connectivity index (χ4n) is 5.32. The summed E-state index contributed by atoms with van der Waals surface area (Å²) in [6.07, 6.45) is 5.22. The molecule has 2 heterocycles. The molecule has 0 saturated carbocycles. The first-order valence-electron chi connectivity index (χ1n) is 13.3. The third-order valence-corrected chi connectivity index (χ3v) is 7.47. The average molecular weight is 500 g/mol. The minimum absolute atomic E-state index is 0.0709. The molecule has 0 aliphatic carbocycles. The molecule has 198 valence electrons. The normalized spacial score (nSPS) is 26.9. The molecular formula is C29H41NO6. The van der Waals surface area contributed by atoms with Gasteiger partial charge in [-0.3, -0.25) is 5.32 Å². The molecule has 0 spiro atoms. The molecule has 4 rings (SSSR count).